The van der Waals surface area contributed by atoms with Gasteiger partial charge in [-0.1, -0.05) is 38.5 Å². The second-order valence-electron chi connectivity index (χ2n) is 4.75. The van der Waals surface area contributed by atoms with Crippen LogP contribution in [0.25, 0.3) is 0 Å². The Bertz CT molecular complexity index is 407. The summed E-state index contributed by atoms with van der Waals surface area (Å²) in [6.07, 6.45) is 4.49. The molecule has 0 amide bonds. The van der Waals surface area contributed by atoms with Gasteiger partial charge in [-0.3, -0.25) is 5.01 Å². The summed E-state index contributed by atoms with van der Waals surface area (Å²) in [6.45, 7) is 4.40. The topological polar surface area (TPSA) is 27.3 Å². The summed E-state index contributed by atoms with van der Waals surface area (Å²) in [7, 11) is 0. The van der Waals surface area contributed by atoms with Gasteiger partial charge in [-0.15, -0.1) is 0 Å². The Hall–Kier alpha value is -1.13. The molecule has 0 spiro atoms. The zero-order chi connectivity index (χ0) is 13.0. The quantitative estimate of drug-likeness (QED) is 0.798. The fraction of sp³-hybridized carbons (Fsp3) is 0.500. The maximum Gasteiger partial charge on any atom is 0.189 e. The SMILES string of the molecule is CCCC[C@]1(CC)NC(=S)N(c2ccccc2)N1. The molecule has 1 fully saturated rings. The van der Waals surface area contributed by atoms with Gasteiger partial charge in [-0.05, 0) is 43.6 Å². The Morgan fingerprint density at radius 3 is 2.56 bits per heavy atom. The van der Waals surface area contributed by atoms with E-state index in [1.165, 1.54) is 12.8 Å². The van der Waals surface area contributed by atoms with Crippen molar-refractivity contribution in [2.45, 2.75) is 45.2 Å². The van der Waals surface area contributed by atoms with Crippen molar-refractivity contribution in [3.05, 3.63) is 30.3 Å². The fourth-order valence-corrected chi connectivity index (χ4v) is 2.60. The van der Waals surface area contributed by atoms with Gasteiger partial charge in [0, 0.05) is 0 Å². The Labute approximate surface area is 115 Å². The number of anilines is 1. The summed E-state index contributed by atoms with van der Waals surface area (Å²) >= 11 is 5.44. The molecule has 0 radical (unpaired) electrons. The zero-order valence-electron chi connectivity index (χ0n) is 11.1. The van der Waals surface area contributed by atoms with E-state index in [-0.39, 0.29) is 5.66 Å². The molecule has 0 saturated carbocycles. The van der Waals surface area contributed by atoms with Gasteiger partial charge in [0.05, 0.1) is 5.69 Å². The van der Waals surface area contributed by atoms with E-state index in [1.54, 1.807) is 0 Å². The molecule has 0 aliphatic carbocycles. The zero-order valence-corrected chi connectivity index (χ0v) is 11.9. The van der Waals surface area contributed by atoms with Crippen molar-refractivity contribution in [2.75, 3.05) is 5.01 Å². The van der Waals surface area contributed by atoms with E-state index in [2.05, 4.69) is 36.7 Å². The molecule has 1 atom stereocenters. The number of rotatable bonds is 5. The van der Waals surface area contributed by atoms with Gasteiger partial charge in [0.15, 0.2) is 5.11 Å². The van der Waals surface area contributed by atoms with Crippen LogP contribution < -0.4 is 15.8 Å². The van der Waals surface area contributed by atoms with Crippen molar-refractivity contribution < 1.29 is 0 Å². The van der Waals surface area contributed by atoms with E-state index in [9.17, 15) is 0 Å². The number of thiocarbonyl (C=S) groups is 1. The number of unbranched alkanes of at least 4 members (excludes halogenated alkanes) is 1. The van der Waals surface area contributed by atoms with Crippen LogP contribution in [0.3, 0.4) is 0 Å². The molecule has 98 valence electrons. The van der Waals surface area contributed by atoms with Gasteiger partial charge in [-0.25, -0.2) is 5.43 Å². The highest BCUT2D eigenvalue weighted by atomic mass is 32.1. The minimum atomic E-state index is -0.0804. The molecule has 1 saturated heterocycles. The lowest BCUT2D eigenvalue weighted by molar-refractivity contribution is 0.294. The summed E-state index contributed by atoms with van der Waals surface area (Å²) < 4.78 is 0. The largest absolute Gasteiger partial charge is 0.342 e. The minimum Gasteiger partial charge on any atom is -0.342 e. The van der Waals surface area contributed by atoms with Gasteiger partial charge in [0.25, 0.3) is 0 Å². The van der Waals surface area contributed by atoms with Crippen molar-refractivity contribution in [3.8, 4) is 0 Å². The summed E-state index contributed by atoms with van der Waals surface area (Å²) in [4.78, 5) is 0. The van der Waals surface area contributed by atoms with E-state index >= 15 is 0 Å². The summed E-state index contributed by atoms with van der Waals surface area (Å²) in [5.74, 6) is 0. The first-order valence-electron chi connectivity index (χ1n) is 6.66. The third-order valence-corrected chi connectivity index (χ3v) is 3.73. The van der Waals surface area contributed by atoms with Crippen molar-refractivity contribution in [2.24, 2.45) is 0 Å². The van der Waals surface area contributed by atoms with Crippen molar-refractivity contribution >= 4 is 23.0 Å². The molecule has 0 unspecified atom stereocenters. The highest BCUT2D eigenvalue weighted by molar-refractivity contribution is 7.80. The standard InChI is InChI=1S/C14H21N3S/c1-3-5-11-14(4-2)15-13(18)17(16-14)12-9-7-6-8-10-12/h6-10,16H,3-5,11H2,1-2H3,(H,15,18)/t14-/m1/s1. The van der Waals surface area contributed by atoms with Crippen molar-refractivity contribution in [1.29, 1.82) is 0 Å². The lowest BCUT2D eigenvalue weighted by Gasteiger charge is -2.28. The molecule has 1 aromatic carbocycles. The van der Waals surface area contributed by atoms with Crippen LogP contribution in [-0.4, -0.2) is 10.8 Å². The van der Waals surface area contributed by atoms with Crippen LogP contribution in [0.15, 0.2) is 30.3 Å². The Morgan fingerprint density at radius 2 is 1.94 bits per heavy atom. The molecule has 1 aliphatic rings. The van der Waals surface area contributed by atoms with Crippen LogP contribution in [0.5, 0.6) is 0 Å². The number of hydrogen-bond donors (Lipinski definition) is 2. The predicted octanol–water partition coefficient (Wildman–Crippen LogP) is 3.18. The van der Waals surface area contributed by atoms with E-state index in [1.807, 2.05) is 23.2 Å². The lowest BCUT2D eigenvalue weighted by Crippen LogP contribution is -2.50. The van der Waals surface area contributed by atoms with E-state index < -0.39 is 0 Å². The Kier molecular flexibility index (Phi) is 4.19. The van der Waals surface area contributed by atoms with Crippen LogP contribution in [-0.2, 0) is 0 Å². The highest BCUT2D eigenvalue weighted by Crippen LogP contribution is 2.25. The van der Waals surface area contributed by atoms with E-state index in [4.69, 9.17) is 12.2 Å². The number of nitrogens with one attached hydrogen (secondary N) is 2. The third-order valence-electron chi connectivity index (χ3n) is 3.45. The van der Waals surface area contributed by atoms with Gasteiger partial charge in [0.1, 0.15) is 5.66 Å². The fourth-order valence-electron chi connectivity index (χ4n) is 2.25. The molecule has 18 heavy (non-hydrogen) atoms. The number of hydrogen-bond acceptors (Lipinski definition) is 2. The lowest BCUT2D eigenvalue weighted by atomic mass is 10.0. The monoisotopic (exact) mass is 263 g/mol. The Morgan fingerprint density at radius 1 is 1.22 bits per heavy atom. The molecular formula is C14H21N3S. The van der Waals surface area contributed by atoms with Crippen molar-refractivity contribution in [1.82, 2.24) is 10.7 Å². The van der Waals surface area contributed by atoms with E-state index in [0.717, 1.165) is 23.6 Å². The number of hydrazine groups is 1. The predicted molar refractivity (Wildman–Crippen MR) is 80.3 cm³/mol. The van der Waals surface area contributed by atoms with Crippen LogP contribution in [0.2, 0.25) is 0 Å². The Balaban J connectivity index is 2.14. The summed E-state index contributed by atoms with van der Waals surface area (Å²) in [6, 6.07) is 10.2. The van der Waals surface area contributed by atoms with Crippen molar-refractivity contribution in [3.63, 3.8) is 0 Å². The van der Waals surface area contributed by atoms with Crippen LogP contribution >= 0.6 is 12.2 Å². The van der Waals surface area contributed by atoms with Gasteiger partial charge >= 0.3 is 0 Å². The molecule has 1 heterocycles. The third kappa shape index (κ3) is 2.65. The second-order valence-corrected chi connectivity index (χ2v) is 5.14. The summed E-state index contributed by atoms with van der Waals surface area (Å²) in [5, 5.41) is 6.19. The number of benzene rings is 1. The molecule has 2 N–H and O–H groups in total. The molecule has 2 rings (SSSR count). The molecule has 3 nitrogen and oxygen atoms in total. The first-order chi connectivity index (χ1) is 8.71. The maximum atomic E-state index is 5.44. The average Bonchev–Trinajstić information content (AvgIpc) is 2.75. The van der Waals surface area contributed by atoms with Crippen LogP contribution in [0.1, 0.15) is 39.5 Å². The van der Waals surface area contributed by atoms with Crippen LogP contribution in [0.4, 0.5) is 5.69 Å². The van der Waals surface area contributed by atoms with E-state index in [0.29, 0.717) is 0 Å². The maximum absolute atomic E-state index is 5.44. The second kappa shape index (κ2) is 5.67. The van der Waals surface area contributed by atoms with Gasteiger partial charge in [-0.2, -0.15) is 0 Å². The summed E-state index contributed by atoms with van der Waals surface area (Å²) in [5.41, 5.74) is 4.54. The smallest absolute Gasteiger partial charge is 0.189 e. The van der Waals surface area contributed by atoms with Crippen LogP contribution in [0, 0.1) is 0 Å². The molecule has 1 aromatic rings. The molecular weight excluding hydrogens is 242 g/mol. The highest BCUT2D eigenvalue weighted by Gasteiger charge is 2.38. The minimum absolute atomic E-state index is 0.0804. The average molecular weight is 263 g/mol. The first-order valence-corrected chi connectivity index (χ1v) is 7.07. The molecule has 1 aliphatic heterocycles. The normalized spacial score (nSPS) is 23.2. The van der Waals surface area contributed by atoms with Gasteiger partial charge < -0.3 is 5.32 Å². The molecule has 0 aromatic heterocycles. The first kappa shape index (κ1) is 13.3. The molecule has 0 bridgehead atoms. The number of nitrogens with zero attached hydrogens (tertiary/aromatic N) is 1. The molecule has 4 heteroatoms. The number of para-hydroxylation sites is 1. The van der Waals surface area contributed by atoms with Gasteiger partial charge in [0.2, 0.25) is 0 Å².